The number of hydrogen-bond acceptors (Lipinski definition) is 0. The van der Waals surface area contributed by atoms with E-state index in [-0.39, 0.29) is 5.41 Å². The van der Waals surface area contributed by atoms with E-state index in [1.807, 2.05) is 0 Å². The van der Waals surface area contributed by atoms with E-state index in [9.17, 15) is 4.39 Å². The minimum Gasteiger partial charge on any atom is -0.255 e. The SMILES string of the molecule is [B]C1(F)CC(C(C)(C)C)C1. The molecule has 0 aromatic carbocycles. The molecule has 0 aliphatic heterocycles. The second kappa shape index (κ2) is 1.99. The first-order chi connectivity index (χ1) is 4.31. The third-order valence-electron chi connectivity index (χ3n) is 2.40. The molecular formula is C8H14BF. The van der Waals surface area contributed by atoms with Crippen LogP contribution < -0.4 is 0 Å². The van der Waals surface area contributed by atoms with Gasteiger partial charge in [0.15, 0.2) is 0 Å². The van der Waals surface area contributed by atoms with Gasteiger partial charge in [-0.05, 0) is 24.2 Å². The molecule has 1 rings (SSSR count). The predicted molar refractivity (Wildman–Crippen MR) is 41.8 cm³/mol. The van der Waals surface area contributed by atoms with Gasteiger partial charge in [-0.15, -0.1) is 0 Å². The van der Waals surface area contributed by atoms with E-state index in [1.54, 1.807) is 0 Å². The van der Waals surface area contributed by atoms with Gasteiger partial charge in [0.05, 0.1) is 5.57 Å². The Morgan fingerprint density at radius 3 is 1.90 bits per heavy atom. The molecule has 0 bridgehead atoms. The summed E-state index contributed by atoms with van der Waals surface area (Å²) in [6.45, 7) is 6.40. The van der Waals surface area contributed by atoms with Crippen molar-refractivity contribution in [2.24, 2.45) is 11.3 Å². The fourth-order valence-corrected chi connectivity index (χ4v) is 1.37. The summed E-state index contributed by atoms with van der Waals surface area (Å²) in [4.78, 5) is 0. The molecule has 0 amide bonds. The van der Waals surface area contributed by atoms with Gasteiger partial charge < -0.3 is 0 Å². The number of hydrogen-bond donors (Lipinski definition) is 0. The highest BCUT2D eigenvalue weighted by molar-refractivity contribution is 6.15. The van der Waals surface area contributed by atoms with Gasteiger partial charge in [-0.2, -0.15) is 0 Å². The van der Waals surface area contributed by atoms with Crippen molar-refractivity contribution in [1.82, 2.24) is 0 Å². The average molecular weight is 140 g/mol. The van der Waals surface area contributed by atoms with Crippen LogP contribution in [0.3, 0.4) is 0 Å². The van der Waals surface area contributed by atoms with Gasteiger partial charge in [-0.3, -0.25) is 4.39 Å². The molecule has 0 aromatic rings. The second-order valence-electron chi connectivity index (χ2n) is 4.51. The topological polar surface area (TPSA) is 0 Å². The minimum absolute atomic E-state index is 0.231. The normalized spacial score (nSPS) is 41.0. The van der Waals surface area contributed by atoms with Crippen LogP contribution in [0.1, 0.15) is 33.6 Å². The van der Waals surface area contributed by atoms with Crippen molar-refractivity contribution >= 4 is 7.85 Å². The summed E-state index contributed by atoms with van der Waals surface area (Å²) < 4.78 is 12.8. The zero-order valence-corrected chi connectivity index (χ0v) is 6.95. The molecule has 2 heteroatoms. The van der Waals surface area contributed by atoms with E-state index in [0.29, 0.717) is 18.8 Å². The fourth-order valence-electron chi connectivity index (χ4n) is 1.37. The van der Waals surface area contributed by atoms with E-state index in [2.05, 4.69) is 20.8 Å². The molecule has 0 unspecified atom stereocenters. The third-order valence-corrected chi connectivity index (χ3v) is 2.40. The Kier molecular flexibility index (Phi) is 1.61. The molecule has 0 atom stereocenters. The lowest BCUT2D eigenvalue weighted by molar-refractivity contribution is 0.0172. The summed E-state index contributed by atoms with van der Waals surface area (Å²) in [5.74, 6) is 0.475. The fraction of sp³-hybridized carbons (Fsp3) is 1.00. The lowest BCUT2D eigenvalue weighted by Gasteiger charge is -2.46. The van der Waals surface area contributed by atoms with Crippen molar-refractivity contribution in [2.45, 2.75) is 39.2 Å². The maximum atomic E-state index is 12.8. The monoisotopic (exact) mass is 140 g/mol. The van der Waals surface area contributed by atoms with Gasteiger partial charge in [0.1, 0.15) is 7.85 Å². The Morgan fingerprint density at radius 1 is 1.40 bits per heavy atom. The second-order valence-corrected chi connectivity index (χ2v) is 4.51. The van der Waals surface area contributed by atoms with Crippen LogP contribution in [-0.2, 0) is 0 Å². The molecular weight excluding hydrogens is 126 g/mol. The van der Waals surface area contributed by atoms with Gasteiger partial charge in [0.25, 0.3) is 0 Å². The predicted octanol–water partition coefficient (Wildman–Crippen LogP) is 2.28. The molecule has 0 saturated heterocycles. The van der Waals surface area contributed by atoms with Crippen molar-refractivity contribution < 1.29 is 4.39 Å². The van der Waals surface area contributed by atoms with E-state index in [4.69, 9.17) is 7.85 Å². The molecule has 56 valence electrons. The molecule has 0 N–H and O–H groups in total. The lowest BCUT2D eigenvalue weighted by atomic mass is 9.54. The standard InChI is InChI=1S/C8H14BF/c1-7(2,3)6-4-8(9,10)5-6/h6H,4-5H2,1-3H3. The molecule has 1 fully saturated rings. The van der Waals surface area contributed by atoms with Gasteiger partial charge in [-0.25, -0.2) is 0 Å². The van der Waals surface area contributed by atoms with Crippen LogP contribution >= 0.6 is 0 Å². The van der Waals surface area contributed by atoms with Crippen molar-refractivity contribution in [3.63, 3.8) is 0 Å². The maximum absolute atomic E-state index is 12.8. The summed E-state index contributed by atoms with van der Waals surface area (Å²) in [6.07, 6.45) is 1.08. The van der Waals surface area contributed by atoms with Gasteiger partial charge in [0.2, 0.25) is 0 Å². The molecule has 0 spiro atoms. The Labute approximate surface area is 63.6 Å². The van der Waals surface area contributed by atoms with Crippen molar-refractivity contribution in [2.75, 3.05) is 0 Å². The lowest BCUT2D eigenvalue weighted by Crippen LogP contribution is -2.45. The minimum atomic E-state index is -1.35. The van der Waals surface area contributed by atoms with Gasteiger partial charge >= 0.3 is 0 Å². The van der Waals surface area contributed by atoms with E-state index in [0.717, 1.165) is 0 Å². The van der Waals surface area contributed by atoms with E-state index >= 15 is 0 Å². The zero-order valence-electron chi connectivity index (χ0n) is 6.95. The quantitative estimate of drug-likeness (QED) is 0.452. The summed E-state index contributed by atoms with van der Waals surface area (Å²) in [6, 6.07) is 0. The Hall–Kier alpha value is -0.00506. The van der Waals surface area contributed by atoms with Crippen LogP contribution in [0, 0.1) is 11.3 Å². The Morgan fingerprint density at radius 2 is 1.80 bits per heavy atom. The summed E-state index contributed by atoms with van der Waals surface area (Å²) in [5.41, 5.74) is -1.12. The molecule has 0 heterocycles. The van der Waals surface area contributed by atoms with Crippen LogP contribution in [0.2, 0.25) is 0 Å². The first-order valence-electron chi connectivity index (χ1n) is 3.79. The molecule has 0 aromatic heterocycles. The molecule has 10 heavy (non-hydrogen) atoms. The number of alkyl halides is 1. The highest BCUT2D eigenvalue weighted by Gasteiger charge is 2.44. The Balaban J connectivity index is 2.40. The number of rotatable bonds is 0. The molecule has 1 aliphatic rings. The van der Waals surface area contributed by atoms with Crippen molar-refractivity contribution in [3.05, 3.63) is 0 Å². The van der Waals surface area contributed by atoms with Crippen LogP contribution in [-0.4, -0.2) is 13.4 Å². The summed E-state index contributed by atoms with van der Waals surface area (Å²) >= 11 is 0. The van der Waals surface area contributed by atoms with Crippen LogP contribution in [0.5, 0.6) is 0 Å². The van der Waals surface area contributed by atoms with E-state index in [1.165, 1.54) is 0 Å². The number of halogens is 1. The molecule has 2 radical (unpaired) electrons. The summed E-state index contributed by atoms with van der Waals surface area (Å²) in [7, 11) is 5.24. The van der Waals surface area contributed by atoms with Crippen molar-refractivity contribution in [1.29, 1.82) is 0 Å². The van der Waals surface area contributed by atoms with Gasteiger partial charge in [-0.1, -0.05) is 20.8 Å². The first-order valence-corrected chi connectivity index (χ1v) is 3.79. The average Bonchev–Trinajstić information content (AvgIpc) is 1.56. The highest BCUT2D eigenvalue weighted by atomic mass is 19.1. The Bertz CT molecular complexity index is 127. The zero-order chi connectivity index (χ0) is 7.99. The first kappa shape index (κ1) is 8.09. The maximum Gasteiger partial charge on any atom is 0.121 e. The van der Waals surface area contributed by atoms with Gasteiger partial charge in [0, 0.05) is 0 Å². The molecule has 1 saturated carbocycles. The van der Waals surface area contributed by atoms with E-state index < -0.39 is 5.57 Å². The van der Waals surface area contributed by atoms with Crippen molar-refractivity contribution in [3.8, 4) is 0 Å². The van der Waals surface area contributed by atoms with Crippen LogP contribution in [0.25, 0.3) is 0 Å². The molecule has 0 nitrogen and oxygen atoms in total. The summed E-state index contributed by atoms with van der Waals surface area (Å²) in [5, 5.41) is 0. The van der Waals surface area contributed by atoms with Crippen LogP contribution in [0.15, 0.2) is 0 Å². The largest absolute Gasteiger partial charge is 0.255 e. The smallest absolute Gasteiger partial charge is 0.121 e. The highest BCUT2D eigenvalue weighted by Crippen LogP contribution is 2.47. The molecule has 1 aliphatic carbocycles. The van der Waals surface area contributed by atoms with Crippen LogP contribution in [0.4, 0.5) is 4.39 Å². The third kappa shape index (κ3) is 1.53.